The van der Waals surface area contributed by atoms with E-state index in [1.165, 1.54) is 5.56 Å². The fourth-order valence-corrected chi connectivity index (χ4v) is 3.49. The number of nitrogens with one attached hydrogen (secondary N) is 3. The number of thiocarbonyl (C=S) groups is 1. The van der Waals surface area contributed by atoms with Gasteiger partial charge in [0.15, 0.2) is 5.11 Å². The Morgan fingerprint density at radius 2 is 1.96 bits per heavy atom. The van der Waals surface area contributed by atoms with Crippen LogP contribution in [0.5, 0.6) is 0 Å². The van der Waals surface area contributed by atoms with Crippen molar-refractivity contribution in [2.75, 3.05) is 45.9 Å². The van der Waals surface area contributed by atoms with Crippen LogP contribution in [0.15, 0.2) is 23.0 Å². The summed E-state index contributed by atoms with van der Waals surface area (Å²) in [7, 11) is 0. The van der Waals surface area contributed by atoms with Crippen molar-refractivity contribution >= 4 is 28.2 Å². The minimum Gasteiger partial charge on any atom is -0.379 e. The van der Waals surface area contributed by atoms with E-state index in [-0.39, 0.29) is 5.56 Å². The largest absolute Gasteiger partial charge is 0.379 e. The van der Waals surface area contributed by atoms with E-state index < -0.39 is 0 Å². The Morgan fingerprint density at radius 1 is 1.22 bits per heavy atom. The molecule has 1 saturated heterocycles. The van der Waals surface area contributed by atoms with Crippen molar-refractivity contribution in [3.63, 3.8) is 0 Å². The van der Waals surface area contributed by atoms with Gasteiger partial charge in [-0.2, -0.15) is 0 Å². The van der Waals surface area contributed by atoms with Crippen molar-refractivity contribution in [3.8, 4) is 0 Å². The lowest BCUT2D eigenvalue weighted by molar-refractivity contribution is 0.0389. The molecule has 1 aliphatic heterocycles. The molecule has 0 unspecified atom stereocenters. The quantitative estimate of drug-likeness (QED) is 0.652. The molecule has 3 N–H and O–H groups in total. The summed E-state index contributed by atoms with van der Waals surface area (Å²) in [5.41, 5.74) is 3.98. The highest BCUT2D eigenvalue weighted by Crippen LogP contribution is 2.18. The Kier molecular flexibility index (Phi) is 6.82. The number of hydrogen-bond acceptors (Lipinski definition) is 4. The lowest BCUT2D eigenvalue weighted by Gasteiger charge is -2.26. The molecular weight excluding hydrogens is 360 g/mol. The number of nitrogens with zero attached hydrogens (tertiary/aromatic N) is 1. The monoisotopic (exact) mass is 388 g/mol. The van der Waals surface area contributed by atoms with Gasteiger partial charge in [-0.25, -0.2) is 0 Å². The summed E-state index contributed by atoms with van der Waals surface area (Å²) < 4.78 is 5.34. The van der Waals surface area contributed by atoms with E-state index in [9.17, 15) is 4.79 Å². The predicted molar refractivity (Wildman–Crippen MR) is 114 cm³/mol. The number of aromatic amines is 1. The predicted octanol–water partition coefficient (Wildman–Crippen LogP) is 1.48. The molecule has 1 aliphatic rings. The molecule has 6 nitrogen and oxygen atoms in total. The van der Waals surface area contributed by atoms with Crippen molar-refractivity contribution < 1.29 is 4.74 Å². The molecule has 0 spiro atoms. The van der Waals surface area contributed by atoms with Gasteiger partial charge in [0.2, 0.25) is 0 Å². The smallest absolute Gasteiger partial charge is 0.251 e. The number of fused-ring (bicyclic) bond motifs is 1. The Hall–Kier alpha value is -1.96. The maximum atomic E-state index is 12.4. The van der Waals surface area contributed by atoms with E-state index >= 15 is 0 Å². The van der Waals surface area contributed by atoms with Crippen molar-refractivity contribution in [3.05, 3.63) is 45.2 Å². The summed E-state index contributed by atoms with van der Waals surface area (Å²) in [5, 5.41) is 8.11. The van der Waals surface area contributed by atoms with E-state index in [2.05, 4.69) is 39.6 Å². The normalized spacial score (nSPS) is 15.0. The van der Waals surface area contributed by atoms with Gasteiger partial charge in [-0.3, -0.25) is 9.69 Å². The van der Waals surface area contributed by atoms with Crippen LogP contribution in [0.25, 0.3) is 10.9 Å². The molecule has 0 atom stereocenters. The standard InChI is InChI=1S/C20H28N4O2S/c1-14-3-4-16-13-17(19(25)23-18(16)15(14)2)5-6-21-20(27)22-7-8-24-9-11-26-12-10-24/h3-4,13H,5-12H2,1-2H3,(H,23,25)(H2,21,22,27). The van der Waals surface area contributed by atoms with Crippen LogP contribution in [-0.4, -0.2) is 60.9 Å². The zero-order chi connectivity index (χ0) is 19.2. The second-order valence-electron chi connectivity index (χ2n) is 6.98. The first-order valence-corrected chi connectivity index (χ1v) is 9.89. The summed E-state index contributed by atoms with van der Waals surface area (Å²) in [5.74, 6) is 0. The first-order chi connectivity index (χ1) is 13.0. The number of aryl methyl sites for hydroxylation is 2. The molecule has 0 bridgehead atoms. The number of rotatable bonds is 6. The number of H-pyrrole nitrogens is 1. The van der Waals surface area contributed by atoms with Crippen LogP contribution in [0.2, 0.25) is 0 Å². The number of morpholine rings is 1. The molecule has 1 fully saturated rings. The number of benzene rings is 1. The number of pyridine rings is 1. The van der Waals surface area contributed by atoms with Gasteiger partial charge in [0.25, 0.3) is 5.56 Å². The topological polar surface area (TPSA) is 69.4 Å². The van der Waals surface area contributed by atoms with Gasteiger partial charge in [-0.05, 0) is 55.1 Å². The molecule has 1 aromatic heterocycles. The summed E-state index contributed by atoms with van der Waals surface area (Å²) in [6.45, 7) is 10.0. The number of aromatic nitrogens is 1. The third-order valence-corrected chi connectivity index (χ3v) is 5.41. The van der Waals surface area contributed by atoms with Crippen LogP contribution in [0, 0.1) is 13.8 Å². The Bertz CT molecular complexity index is 859. The van der Waals surface area contributed by atoms with Gasteiger partial charge < -0.3 is 20.4 Å². The molecular formula is C20H28N4O2S. The molecule has 0 aliphatic carbocycles. The van der Waals surface area contributed by atoms with E-state index in [4.69, 9.17) is 17.0 Å². The number of ether oxygens (including phenoxy) is 1. The molecule has 0 amide bonds. The highest BCUT2D eigenvalue weighted by molar-refractivity contribution is 7.80. The van der Waals surface area contributed by atoms with Gasteiger partial charge in [0.1, 0.15) is 0 Å². The lowest BCUT2D eigenvalue weighted by Crippen LogP contribution is -2.44. The maximum absolute atomic E-state index is 12.4. The summed E-state index contributed by atoms with van der Waals surface area (Å²) in [6, 6.07) is 6.13. The average Bonchev–Trinajstić information content (AvgIpc) is 2.67. The van der Waals surface area contributed by atoms with Crippen LogP contribution in [0.4, 0.5) is 0 Å². The maximum Gasteiger partial charge on any atom is 0.251 e. The molecule has 2 aromatic rings. The summed E-state index contributed by atoms with van der Waals surface area (Å²) in [4.78, 5) is 17.8. The highest BCUT2D eigenvalue weighted by Gasteiger charge is 2.10. The van der Waals surface area contributed by atoms with Crippen LogP contribution >= 0.6 is 12.2 Å². The zero-order valence-corrected chi connectivity index (χ0v) is 16.9. The fraction of sp³-hybridized carbons (Fsp3) is 0.500. The van der Waals surface area contributed by atoms with Crippen LogP contribution < -0.4 is 16.2 Å². The Balaban J connectivity index is 1.47. The zero-order valence-electron chi connectivity index (χ0n) is 16.1. The van der Waals surface area contributed by atoms with Crippen LogP contribution in [0.1, 0.15) is 16.7 Å². The first-order valence-electron chi connectivity index (χ1n) is 9.48. The third kappa shape index (κ3) is 5.28. The van der Waals surface area contributed by atoms with Gasteiger partial charge in [0.05, 0.1) is 18.7 Å². The van der Waals surface area contributed by atoms with Crippen LogP contribution in [0.3, 0.4) is 0 Å². The Morgan fingerprint density at radius 3 is 2.74 bits per heavy atom. The molecule has 3 rings (SSSR count). The lowest BCUT2D eigenvalue weighted by atomic mass is 10.0. The molecule has 7 heteroatoms. The minimum atomic E-state index is -0.0239. The van der Waals surface area contributed by atoms with Crippen molar-refractivity contribution in [1.29, 1.82) is 0 Å². The molecule has 27 heavy (non-hydrogen) atoms. The van der Waals surface area contributed by atoms with Gasteiger partial charge >= 0.3 is 0 Å². The van der Waals surface area contributed by atoms with Gasteiger partial charge in [-0.15, -0.1) is 0 Å². The number of hydrogen-bond donors (Lipinski definition) is 3. The second-order valence-corrected chi connectivity index (χ2v) is 7.39. The third-order valence-electron chi connectivity index (χ3n) is 5.13. The van der Waals surface area contributed by atoms with Crippen molar-refractivity contribution in [2.24, 2.45) is 0 Å². The molecule has 146 valence electrons. The molecule has 2 heterocycles. The first kappa shape index (κ1) is 19.8. The van der Waals surface area contributed by atoms with Gasteiger partial charge in [-0.1, -0.05) is 12.1 Å². The van der Waals surface area contributed by atoms with Crippen molar-refractivity contribution in [2.45, 2.75) is 20.3 Å². The molecule has 0 radical (unpaired) electrons. The second kappa shape index (κ2) is 9.30. The van der Waals surface area contributed by atoms with Gasteiger partial charge in [0, 0.05) is 38.3 Å². The SMILES string of the molecule is Cc1ccc2cc(CCNC(=S)NCCN3CCOCC3)c(=O)[nH]c2c1C. The van der Waals surface area contributed by atoms with E-state index in [0.29, 0.717) is 18.1 Å². The van der Waals surface area contributed by atoms with Crippen LogP contribution in [-0.2, 0) is 11.2 Å². The molecule has 1 aromatic carbocycles. The summed E-state index contributed by atoms with van der Waals surface area (Å²) in [6.07, 6.45) is 0.628. The average molecular weight is 389 g/mol. The van der Waals surface area contributed by atoms with E-state index in [0.717, 1.165) is 61.4 Å². The Labute approximate surface area is 165 Å². The minimum absolute atomic E-state index is 0.0239. The molecule has 0 saturated carbocycles. The van der Waals surface area contributed by atoms with E-state index in [1.807, 2.05) is 13.0 Å². The highest BCUT2D eigenvalue weighted by atomic mass is 32.1. The van der Waals surface area contributed by atoms with Crippen molar-refractivity contribution in [1.82, 2.24) is 20.5 Å². The fourth-order valence-electron chi connectivity index (χ4n) is 3.28. The summed E-state index contributed by atoms with van der Waals surface area (Å²) >= 11 is 5.33. The van der Waals surface area contributed by atoms with E-state index in [1.54, 1.807) is 0 Å².